The van der Waals surface area contributed by atoms with Crippen molar-refractivity contribution in [2.24, 2.45) is 11.3 Å². The number of esters is 1. The van der Waals surface area contributed by atoms with Gasteiger partial charge in [0.15, 0.2) is 0 Å². The Hall–Kier alpha value is -6.32. The maximum Gasteiger partial charge on any atom is 0.407 e. The van der Waals surface area contributed by atoms with E-state index in [0.717, 1.165) is 98.2 Å². The molecule has 1 saturated carbocycles. The molecule has 2 unspecified atom stereocenters. The van der Waals surface area contributed by atoms with E-state index >= 15 is 4.39 Å². The molecule has 12 rings (SSSR count). The van der Waals surface area contributed by atoms with E-state index in [1.807, 2.05) is 26.8 Å². The third-order valence-corrected chi connectivity index (χ3v) is 17.1. The van der Waals surface area contributed by atoms with Gasteiger partial charge in [-0.1, -0.05) is 39.0 Å². The molecule has 15 heteroatoms. The Morgan fingerprint density at radius 2 is 1.72 bits per heavy atom. The number of nitrogens with one attached hydrogen (secondary N) is 1. The Bertz CT molecular complexity index is 3150. The topological polar surface area (TPSA) is 167 Å². The van der Waals surface area contributed by atoms with Crippen LogP contribution in [-0.4, -0.2) is 91.3 Å². The predicted molar refractivity (Wildman–Crippen MR) is 263 cm³/mol. The van der Waals surface area contributed by atoms with Crippen LogP contribution in [0.15, 0.2) is 47.3 Å². The molecule has 2 aliphatic carbocycles. The normalized spacial score (nSPS) is 21.4. The zero-order valence-electron chi connectivity index (χ0n) is 40.9. The number of nitrogens with zero attached hydrogens (tertiary/aromatic N) is 5. The van der Waals surface area contributed by atoms with Gasteiger partial charge in [-0.25, -0.2) is 14.2 Å². The first-order valence-corrected chi connectivity index (χ1v) is 25.6. The third-order valence-electron chi connectivity index (χ3n) is 17.1. The molecule has 2 aromatic heterocycles. The maximum atomic E-state index is 15.4. The number of cyclic esters (lactones) is 1. The van der Waals surface area contributed by atoms with Gasteiger partial charge in [-0.05, 0) is 133 Å². The summed E-state index contributed by atoms with van der Waals surface area (Å²) in [5.74, 6) is -1.02. The molecule has 71 heavy (non-hydrogen) atoms. The lowest BCUT2D eigenvalue weighted by Gasteiger charge is -2.59. The average Bonchev–Trinajstić information content (AvgIpc) is 3.91. The predicted octanol–water partition coefficient (Wildman–Crippen LogP) is 8.20. The molecule has 0 radical (unpaired) electrons. The first-order chi connectivity index (χ1) is 34.1. The van der Waals surface area contributed by atoms with Crippen molar-refractivity contribution in [3.8, 4) is 22.9 Å². The number of aromatic hydroxyl groups is 2. The summed E-state index contributed by atoms with van der Waals surface area (Å²) in [7, 11) is 0. The first kappa shape index (κ1) is 45.8. The van der Waals surface area contributed by atoms with E-state index in [9.17, 15) is 29.4 Å². The number of halogens is 1. The van der Waals surface area contributed by atoms with E-state index in [4.69, 9.17) is 14.5 Å². The van der Waals surface area contributed by atoms with Gasteiger partial charge in [0.2, 0.25) is 0 Å². The number of piperidine rings is 1. The van der Waals surface area contributed by atoms with Crippen molar-refractivity contribution in [1.29, 1.82) is 0 Å². The minimum absolute atomic E-state index is 0.00166. The quantitative estimate of drug-likeness (QED) is 0.120. The number of amides is 2. The number of carbonyl (C=O) groups is 3. The highest BCUT2D eigenvalue weighted by atomic mass is 19.1. The van der Waals surface area contributed by atoms with Crippen molar-refractivity contribution >= 4 is 28.9 Å². The molecule has 3 fully saturated rings. The zero-order valence-corrected chi connectivity index (χ0v) is 40.9. The van der Waals surface area contributed by atoms with Crippen molar-refractivity contribution in [2.45, 2.75) is 129 Å². The first-order valence-electron chi connectivity index (χ1n) is 25.6. The summed E-state index contributed by atoms with van der Waals surface area (Å²) in [6.45, 7) is 14.8. The molecule has 2 atom stereocenters. The van der Waals surface area contributed by atoms with Crippen LogP contribution in [0.25, 0.3) is 22.3 Å². The number of rotatable bonds is 9. The maximum absolute atomic E-state index is 15.4. The second kappa shape index (κ2) is 17.2. The van der Waals surface area contributed by atoms with E-state index in [-0.39, 0.29) is 70.9 Å². The van der Waals surface area contributed by atoms with Crippen LogP contribution in [0.5, 0.6) is 11.5 Å². The summed E-state index contributed by atoms with van der Waals surface area (Å²) in [5.41, 5.74) is 10.3. The highest BCUT2D eigenvalue weighted by molar-refractivity contribution is 5.98. The standard InChI is InChI=1S/C56H61FN6O8/c1-5-36-39-16-46-51-41(25-63(46)53(67)42(39)26-70-54(36)68)50-44(9-8-37-30(4)43(57)17-45(58-51)49(37)50)59-55(69)71-35-19-56(20-35)27-61(28-56)21-31-10-12-60(13-11-31)22-32-6-7-33-23-62(24-34(33)14-32)52(66)40-15-38(29(2)3)47(64)18-48(40)65/h6-7,14-18,29,31,35-36,44,64-65H,5,8-13,19-28H2,1-4H3,(H,59,69). The van der Waals surface area contributed by atoms with E-state index in [1.54, 1.807) is 22.5 Å². The van der Waals surface area contributed by atoms with Crippen LogP contribution in [0.3, 0.4) is 0 Å². The van der Waals surface area contributed by atoms with E-state index in [0.29, 0.717) is 77.4 Å². The number of pyridine rings is 2. The van der Waals surface area contributed by atoms with Crippen molar-refractivity contribution < 1.29 is 38.5 Å². The molecule has 14 nitrogen and oxygen atoms in total. The van der Waals surface area contributed by atoms with Crippen molar-refractivity contribution in [1.82, 2.24) is 29.6 Å². The number of phenolic OH excluding ortho intramolecular Hbond substituents is 2. The number of hydrogen-bond acceptors (Lipinski definition) is 11. The van der Waals surface area contributed by atoms with Crippen LogP contribution < -0.4 is 10.9 Å². The monoisotopic (exact) mass is 964 g/mol. The van der Waals surface area contributed by atoms with E-state index in [2.05, 4.69) is 33.3 Å². The number of fused-ring (bicyclic) bond motifs is 6. The van der Waals surface area contributed by atoms with Crippen LogP contribution in [0, 0.1) is 24.1 Å². The Morgan fingerprint density at radius 1 is 0.944 bits per heavy atom. The fourth-order valence-electron chi connectivity index (χ4n) is 13.4. The number of benzene rings is 3. The number of ether oxygens (including phenoxy) is 2. The second-order valence-corrected chi connectivity index (χ2v) is 22.0. The Kier molecular flexibility index (Phi) is 11.1. The summed E-state index contributed by atoms with van der Waals surface area (Å²) >= 11 is 0. The van der Waals surface area contributed by atoms with Crippen molar-refractivity contribution in [3.05, 3.63) is 120 Å². The summed E-state index contributed by atoms with van der Waals surface area (Å²) in [4.78, 5) is 65.8. The van der Waals surface area contributed by atoms with Gasteiger partial charge in [0.25, 0.3) is 11.5 Å². The van der Waals surface area contributed by atoms with Crippen LogP contribution in [0.4, 0.5) is 9.18 Å². The number of aromatic nitrogens is 2. The minimum Gasteiger partial charge on any atom is -0.508 e. The zero-order chi connectivity index (χ0) is 49.2. The van der Waals surface area contributed by atoms with Crippen LogP contribution in [-0.2, 0) is 53.5 Å². The van der Waals surface area contributed by atoms with Crippen molar-refractivity contribution in [3.63, 3.8) is 0 Å². The van der Waals surface area contributed by atoms with Gasteiger partial charge >= 0.3 is 12.1 Å². The lowest BCUT2D eigenvalue weighted by molar-refractivity contribution is -0.148. The minimum atomic E-state index is -0.545. The van der Waals surface area contributed by atoms with Crippen LogP contribution >= 0.6 is 0 Å². The molecule has 7 aliphatic rings. The van der Waals surface area contributed by atoms with Gasteiger partial charge in [0.1, 0.15) is 30.0 Å². The molecule has 2 saturated heterocycles. The highest BCUT2D eigenvalue weighted by Gasteiger charge is 2.54. The summed E-state index contributed by atoms with van der Waals surface area (Å²) in [6, 6.07) is 12.3. The number of likely N-dealkylation sites (tertiary alicyclic amines) is 2. The lowest BCUT2D eigenvalue weighted by atomic mass is 9.61. The van der Waals surface area contributed by atoms with Gasteiger partial charge in [-0.3, -0.25) is 19.3 Å². The summed E-state index contributed by atoms with van der Waals surface area (Å²) < 4.78 is 28.6. The molecular weight excluding hydrogens is 904 g/mol. The van der Waals surface area contributed by atoms with Crippen molar-refractivity contribution in [2.75, 3.05) is 32.7 Å². The Balaban J connectivity index is 0.631. The van der Waals surface area contributed by atoms with E-state index < -0.39 is 18.1 Å². The molecule has 3 N–H and O–H groups in total. The molecule has 5 aliphatic heterocycles. The molecule has 7 heterocycles. The van der Waals surface area contributed by atoms with E-state index in [1.165, 1.54) is 17.7 Å². The molecule has 1 spiro atoms. The largest absolute Gasteiger partial charge is 0.508 e. The SMILES string of the molecule is CCC1C(=O)OCc2c1cc1n(c2=O)Cc2c-1nc1cc(F)c(C)c3c1c2C(NC(=O)OC1CC2(C1)CN(CC1CCN(Cc4ccc5c(c4)CN(C(=O)c4cc(C(C)C)c(O)cc4O)C5)CC1)C2)CC3. The molecule has 0 bridgehead atoms. The number of carbonyl (C=O) groups excluding carboxylic acids is 3. The van der Waals surface area contributed by atoms with Gasteiger partial charge in [-0.2, -0.15) is 0 Å². The van der Waals surface area contributed by atoms with Gasteiger partial charge in [-0.15, -0.1) is 0 Å². The fraction of sp³-hybridized carbons (Fsp3) is 0.482. The Morgan fingerprint density at radius 3 is 2.48 bits per heavy atom. The molecule has 2 amide bonds. The third kappa shape index (κ3) is 7.76. The number of phenols is 2. The summed E-state index contributed by atoms with van der Waals surface area (Å²) in [6.07, 6.45) is 4.96. The van der Waals surface area contributed by atoms with Gasteiger partial charge < -0.3 is 39.4 Å². The smallest absolute Gasteiger partial charge is 0.407 e. The number of hydrogen-bond donors (Lipinski definition) is 3. The molecule has 370 valence electrons. The van der Waals surface area contributed by atoms with Crippen LogP contribution in [0.1, 0.15) is 143 Å². The van der Waals surface area contributed by atoms with Gasteiger partial charge in [0.05, 0.1) is 46.5 Å². The Labute approximate surface area is 411 Å². The second-order valence-electron chi connectivity index (χ2n) is 22.0. The molecule has 3 aromatic carbocycles. The van der Waals surface area contributed by atoms with Gasteiger partial charge in [0, 0.05) is 67.8 Å². The van der Waals surface area contributed by atoms with Crippen LogP contribution in [0.2, 0.25) is 0 Å². The lowest BCUT2D eigenvalue weighted by Crippen LogP contribution is -2.65. The average molecular weight is 965 g/mol. The fourth-order valence-corrected chi connectivity index (χ4v) is 13.4. The number of alkyl carbamates (subject to hydrolysis) is 1. The summed E-state index contributed by atoms with van der Waals surface area (Å²) in [5, 5.41) is 24.9. The number of aryl methyl sites for hydroxylation is 1. The highest BCUT2D eigenvalue weighted by Crippen LogP contribution is 2.51. The molecular formula is C56H61FN6O8. The molecule has 5 aromatic rings.